The van der Waals surface area contributed by atoms with Crippen LogP contribution in [0.5, 0.6) is 0 Å². The summed E-state index contributed by atoms with van der Waals surface area (Å²) in [6.45, 7) is 3.42. The van der Waals surface area contributed by atoms with Gasteiger partial charge in [0.15, 0.2) is 0 Å². The number of likely N-dealkylation sites (tertiary alicyclic amines) is 1. The fraction of sp³-hybridized carbons (Fsp3) is 0.333. The van der Waals surface area contributed by atoms with Crippen molar-refractivity contribution >= 4 is 18.1 Å². The van der Waals surface area contributed by atoms with E-state index in [-0.39, 0.29) is 23.0 Å². The van der Waals surface area contributed by atoms with Crippen molar-refractivity contribution in [3.8, 4) is 0 Å². The van der Waals surface area contributed by atoms with Crippen LogP contribution >= 0.6 is 12.4 Å². The molecule has 2 aromatic carbocycles. The topological polar surface area (TPSA) is 72.4 Å². The second-order valence-corrected chi connectivity index (χ2v) is 6.13. The maximum absolute atomic E-state index is 10.7. The van der Waals surface area contributed by atoms with Gasteiger partial charge in [-0.2, -0.15) is 0 Å². The Bertz CT molecular complexity index is 664. The first-order valence-corrected chi connectivity index (χ1v) is 7.88. The monoisotopic (exact) mass is 347 g/mol. The molecule has 0 spiro atoms. The molecule has 1 heterocycles. The first kappa shape index (κ1) is 18.4. The second kappa shape index (κ2) is 8.24. The lowest BCUT2D eigenvalue weighted by Gasteiger charge is -2.16. The average molecular weight is 348 g/mol. The largest absolute Gasteiger partial charge is 0.330 e. The summed E-state index contributed by atoms with van der Waals surface area (Å²) in [7, 11) is 0. The van der Waals surface area contributed by atoms with E-state index in [2.05, 4.69) is 29.2 Å². The summed E-state index contributed by atoms with van der Waals surface area (Å²) in [6.07, 6.45) is 0. The Morgan fingerprint density at radius 2 is 1.75 bits per heavy atom. The predicted molar refractivity (Wildman–Crippen MR) is 97.3 cm³/mol. The first-order valence-electron chi connectivity index (χ1n) is 7.88. The minimum absolute atomic E-state index is 0. The van der Waals surface area contributed by atoms with E-state index >= 15 is 0 Å². The molecule has 3 rings (SSSR count). The molecule has 1 aliphatic heterocycles. The minimum atomic E-state index is -0.366. The number of halogens is 1. The number of hydrogen-bond acceptors (Lipinski definition) is 4. The Morgan fingerprint density at radius 3 is 2.33 bits per heavy atom. The van der Waals surface area contributed by atoms with Crippen LogP contribution in [0.15, 0.2) is 54.6 Å². The van der Waals surface area contributed by atoms with Gasteiger partial charge in [0.25, 0.3) is 5.69 Å². The van der Waals surface area contributed by atoms with Gasteiger partial charge in [0, 0.05) is 37.7 Å². The highest BCUT2D eigenvalue weighted by Crippen LogP contribution is 2.32. The molecule has 128 valence electrons. The van der Waals surface area contributed by atoms with Gasteiger partial charge >= 0.3 is 0 Å². The van der Waals surface area contributed by atoms with Gasteiger partial charge in [-0.3, -0.25) is 15.0 Å². The summed E-state index contributed by atoms with van der Waals surface area (Å²) in [5.74, 6) is 0.912. The normalized spacial score (nSPS) is 20.5. The van der Waals surface area contributed by atoms with Crippen LogP contribution in [0.25, 0.3) is 0 Å². The van der Waals surface area contributed by atoms with Crippen molar-refractivity contribution in [2.75, 3.05) is 19.6 Å². The predicted octanol–water partition coefficient (Wildman–Crippen LogP) is 3.19. The Hall–Kier alpha value is -1.95. The molecule has 0 unspecified atom stereocenters. The molecule has 6 heteroatoms. The summed E-state index contributed by atoms with van der Waals surface area (Å²) in [5, 5.41) is 10.7. The maximum Gasteiger partial charge on any atom is 0.269 e. The van der Waals surface area contributed by atoms with E-state index in [4.69, 9.17) is 5.73 Å². The molecule has 0 aromatic heterocycles. The molecular weight excluding hydrogens is 326 g/mol. The molecule has 0 bridgehead atoms. The summed E-state index contributed by atoms with van der Waals surface area (Å²) in [4.78, 5) is 12.7. The number of nitro benzene ring substituents is 1. The molecule has 2 atom stereocenters. The third-order valence-corrected chi connectivity index (χ3v) is 4.60. The molecule has 24 heavy (non-hydrogen) atoms. The lowest BCUT2D eigenvalue weighted by atomic mass is 9.89. The highest BCUT2D eigenvalue weighted by atomic mass is 35.5. The summed E-state index contributed by atoms with van der Waals surface area (Å²) in [6, 6.07) is 17.3. The fourth-order valence-electron chi connectivity index (χ4n) is 3.39. The molecule has 1 saturated heterocycles. The Morgan fingerprint density at radius 1 is 1.08 bits per heavy atom. The summed E-state index contributed by atoms with van der Waals surface area (Å²) >= 11 is 0. The van der Waals surface area contributed by atoms with E-state index in [0.717, 1.165) is 25.2 Å². The average Bonchev–Trinajstić information content (AvgIpc) is 2.99. The summed E-state index contributed by atoms with van der Waals surface area (Å²) < 4.78 is 0. The van der Waals surface area contributed by atoms with Crippen molar-refractivity contribution in [1.29, 1.82) is 0 Å². The van der Waals surface area contributed by atoms with Crippen molar-refractivity contribution in [1.82, 2.24) is 4.90 Å². The summed E-state index contributed by atoms with van der Waals surface area (Å²) in [5.41, 5.74) is 8.54. The number of rotatable bonds is 5. The van der Waals surface area contributed by atoms with Gasteiger partial charge < -0.3 is 5.73 Å². The van der Waals surface area contributed by atoms with Crippen LogP contribution in [0.3, 0.4) is 0 Å². The number of nitrogens with zero attached hydrogens (tertiary/aromatic N) is 2. The van der Waals surface area contributed by atoms with E-state index in [1.165, 1.54) is 5.56 Å². The first-order chi connectivity index (χ1) is 11.2. The number of non-ortho nitro benzene ring substituents is 1. The van der Waals surface area contributed by atoms with Crippen LogP contribution in [0.2, 0.25) is 0 Å². The molecule has 5 nitrogen and oxygen atoms in total. The highest BCUT2D eigenvalue weighted by molar-refractivity contribution is 5.85. The third kappa shape index (κ3) is 4.12. The zero-order valence-corrected chi connectivity index (χ0v) is 14.2. The van der Waals surface area contributed by atoms with E-state index in [1.54, 1.807) is 12.1 Å². The number of nitrogens with two attached hydrogens (primary N) is 1. The standard InChI is InChI=1S/C18H21N3O2.ClH/c19-10-16-12-20(13-18(16)15-4-2-1-3-5-15)11-14-6-8-17(9-7-14)21(22)23;/h1-9,16,18H,10-13,19H2;1H/t16-,18+;/m1./s1. The van der Waals surface area contributed by atoms with E-state index in [9.17, 15) is 10.1 Å². The zero-order valence-electron chi connectivity index (χ0n) is 13.4. The lowest BCUT2D eigenvalue weighted by Crippen LogP contribution is -2.23. The Kier molecular flexibility index (Phi) is 6.31. The quantitative estimate of drug-likeness (QED) is 0.666. The van der Waals surface area contributed by atoms with Gasteiger partial charge in [-0.15, -0.1) is 12.4 Å². The van der Waals surface area contributed by atoms with Crippen LogP contribution in [0, 0.1) is 16.0 Å². The molecule has 0 radical (unpaired) electrons. The number of hydrogen-bond donors (Lipinski definition) is 1. The second-order valence-electron chi connectivity index (χ2n) is 6.13. The van der Waals surface area contributed by atoms with Crippen molar-refractivity contribution in [2.24, 2.45) is 11.7 Å². The number of benzene rings is 2. The van der Waals surface area contributed by atoms with Gasteiger partial charge in [-0.25, -0.2) is 0 Å². The lowest BCUT2D eigenvalue weighted by molar-refractivity contribution is -0.384. The van der Waals surface area contributed by atoms with E-state index in [0.29, 0.717) is 18.4 Å². The molecule has 2 aromatic rings. The van der Waals surface area contributed by atoms with Crippen molar-refractivity contribution in [3.05, 3.63) is 75.8 Å². The van der Waals surface area contributed by atoms with Crippen molar-refractivity contribution in [2.45, 2.75) is 12.5 Å². The number of nitro groups is 1. The van der Waals surface area contributed by atoms with Crippen molar-refractivity contribution in [3.63, 3.8) is 0 Å². The molecule has 1 fully saturated rings. The SMILES string of the molecule is Cl.NC[C@@H]1CN(Cc2ccc([N+](=O)[O-])cc2)C[C@H]1c1ccccc1. The van der Waals surface area contributed by atoms with Crippen LogP contribution in [-0.4, -0.2) is 29.5 Å². The van der Waals surface area contributed by atoms with Gasteiger partial charge in [0.1, 0.15) is 0 Å². The molecular formula is C18H22ClN3O2. The zero-order chi connectivity index (χ0) is 16.2. The molecule has 2 N–H and O–H groups in total. The third-order valence-electron chi connectivity index (χ3n) is 4.60. The van der Waals surface area contributed by atoms with Crippen molar-refractivity contribution < 1.29 is 4.92 Å². The van der Waals surface area contributed by atoms with Crippen LogP contribution in [0.4, 0.5) is 5.69 Å². The van der Waals surface area contributed by atoms with Crippen LogP contribution < -0.4 is 5.73 Å². The van der Waals surface area contributed by atoms with E-state index in [1.807, 2.05) is 18.2 Å². The smallest absolute Gasteiger partial charge is 0.269 e. The minimum Gasteiger partial charge on any atom is -0.330 e. The van der Waals surface area contributed by atoms with Gasteiger partial charge in [0.2, 0.25) is 0 Å². The highest BCUT2D eigenvalue weighted by Gasteiger charge is 2.32. The van der Waals surface area contributed by atoms with Gasteiger partial charge in [-0.1, -0.05) is 42.5 Å². The molecule has 0 aliphatic carbocycles. The van der Waals surface area contributed by atoms with Crippen LogP contribution in [-0.2, 0) is 6.54 Å². The molecule has 0 saturated carbocycles. The van der Waals surface area contributed by atoms with E-state index < -0.39 is 0 Å². The fourth-order valence-corrected chi connectivity index (χ4v) is 3.39. The maximum atomic E-state index is 10.7. The molecule has 0 amide bonds. The van der Waals surface area contributed by atoms with Crippen LogP contribution in [0.1, 0.15) is 17.0 Å². The Balaban J connectivity index is 0.00000208. The van der Waals surface area contributed by atoms with Gasteiger partial charge in [0.05, 0.1) is 4.92 Å². The van der Waals surface area contributed by atoms with Gasteiger partial charge in [-0.05, 0) is 23.6 Å². The molecule has 1 aliphatic rings. The Labute approximate surface area is 148 Å².